The van der Waals surface area contributed by atoms with E-state index in [0.717, 1.165) is 32.3 Å². The van der Waals surface area contributed by atoms with Gasteiger partial charge in [-0.15, -0.1) is 10.2 Å². The molecule has 8 rings (SSSR count). The highest BCUT2D eigenvalue weighted by Gasteiger charge is 2.15. The molecule has 38 heavy (non-hydrogen) atoms. The van der Waals surface area contributed by atoms with Crippen molar-refractivity contribution in [1.82, 2.24) is 20.0 Å². The Morgan fingerprint density at radius 2 is 1.13 bits per heavy atom. The van der Waals surface area contributed by atoms with Gasteiger partial charge in [-0.2, -0.15) is 4.80 Å². The Hall–Kier alpha value is -4.61. The highest BCUT2D eigenvalue weighted by Crippen LogP contribution is 2.40. The fourth-order valence-corrected chi connectivity index (χ4v) is 6.00. The van der Waals surface area contributed by atoms with Gasteiger partial charge in [-0.25, -0.2) is 0 Å². The number of hydrogen-bond acceptors (Lipinski definition) is 3. The molecule has 5 heteroatoms. The van der Waals surface area contributed by atoms with E-state index in [0.29, 0.717) is 0 Å². The summed E-state index contributed by atoms with van der Waals surface area (Å²) in [5.41, 5.74) is 7.14. The summed E-state index contributed by atoms with van der Waals surface area (Å²) in [6.07, 6.45) is 3.49. The molecule has 0 saturated heterocycles. The number of hydrogen-bond donors (Lipinski definition) is 0. The molecular weight excluding hydrogens is 532 g/mol. The van der Waals surface area contributed by atoms with E-state index in [4.69, 9.17) is 10.2 Å². The van der Waals surface area contributed by atoms with Crippen LogP contribution < -0.4 is 0 Å². The predicted molar refractivity (Wildman–Crippen MR) is 159 cm³/mol. The molecule has 2 aromatic heterocycles. The smallest absolute Gasteiger partial charge is 0.128 e. The van der Waals surface area contributed by atoms with Gasteiger partial charge in [0.25, 0.3) is 0 Å². The summed E-state index contributed by atoms with van der Waals surface area (Å²) in [7, 11) is 0. The van der Waals surface area contributed by atoms with E-state index in [1.165, 1.54) is 43.4 Å². The van der Waals surface area contributed by atoms with Crippen molar-refractivity contribution < 1.29 is 0 Å². The van der Waals surface area contributed by atoms with Crippen molar-refractivity contribution >= 4 is 59.3 Å². The Kier molecular flexibility index (Phi) is 4.63. The summed E-state index contributed by atoms with van der Waals surface area (Å²) < 4.78 is 0.918. The third kappa shape index (κ3) is 3.19. The summed E-state index contributed by atoms with van der Waals surface area (Å²) in [4.78, 5) is 5.77. The number of pyridine rings is 1. The van der Waals surface area contributed by atoms with Gasteiger partial charge in [0, 0.05) is 22.4 Å². The average molecular weight is 551 g/mol. The third-order valence-corrected chi connectivity index (χ3v) is 8.06. The van der Waals surface area contributed by atoms with Crippen LogP contribution in [-0.4, -0.2) is 20.0 Å². The van der Waals surface area contributed by atoms with E-state index in [2.05, 4.69) is 106 Å². The van der Waals surface area contributed by atoms with E-state index >= 15 is 0 Å². The first-order chi connectivity index (χ1) is 18.7. The number of rotatable bonds is 3. The maximum Gasteiger partial charge on any atom is 0.128 e. The summed E-state index contributed by atoms with van der Waals surface area (Å²) in [5.74, 6) is 0. The zero-order valence-corrected chi connectivity index (χ0v) is 21.7. The molecule has 0 amide bonds. The van der Waals surface area contributed by atoms with Crippen LogP contribution >= 0.6 is 15.9 Å². The lowest BCUT2D eigenvalue weighted by Crippen LogP contribution is -1.98. The second-order valence-electron chi connectivity index (χ2n) is 9.53. The molecule has 8 aromatic rings. The first kappa shape index (κ1) is 21.5. The van der Waals surface area contributed by atoms with E-state index in [9.17, 15) is 0 Å². The van der Waals surface area contributed by atoms with E-state index in [1.54, 1.807) is 17.2 Å². The molecule has 0 aliphatic carbocycles. The fourth-order valence-electron chi connectivity index (χ4n) is 5.61. The molecule has 0 unspecified atom stereocenters. The maximum atomic E-state index is 4.84. The van der Waals surface area contributed by atoms with Crippen molar-refractivity contribution in [1.29, 1.82) is 0 Å². The molecule has 0 atom stereocenters. The van der Waals surface area contributed by atoms with Crippen LogP contribution in [0.3, 0.4) is 0 Å². The van der Waals surface area contributed by atoms with Crippen molar-refractivity contribution in [3.05, 3.63) is 120 Å². The second-order valence-corrected chi connectivity index (χ2v) is 10.4. The van der Waals surface area contributed by atoms with Gasteiger partial charge in [0.15, 0.2) is 0 Å². The molecule has 2 heterocycles. The fraction of sp³-hybridized carbons (Fsp3) is 0. The van der Waals surface area contributed by atoms with Crippen LogP contribution in [0.15, 0.2) is 120 Å². The molecule has 178 valence electrons. The largest absolute Gasteiger partial charge is 0.265 e. The molecule has 0 bridgehead atoms. The molecule has 0 N–H and O–H groups in total. The molecule has 6 aromatic carbocycles. The lowest BCUT2D eigenvalue weighted by Gasteiger charge is -2.14. The summed E-state index contributed by atoms with van der Waals surface area (Å²) in [6.45, 7) is 0. The minimum atomic E-state index is 0.829. The van der Waals surface area contributed by atoms with Gasteiger partial charge in [-0.3, -0.25) is 4.98 Å². The van der Waals surface area contributed by atoms with Crippen molar-refractivity contribution in [3.8, 4) is 27.9 Å². The van der Waals surface area contributed by atoms with Gasteiger partial charge in [0.2, 0.25) is 0 Å². The predicted octanol–water partition coefficient (Wildman–Crippen LogP) is 8.81. The first-order valence-electron chi connectivity index (χ1n) is 12.5. The van der Waals surface area contributed by atoms with Crippen LogP contribution in [0.4, 0.5) is 0 Å². The Labute approximate surface area is 226 Å². The van der Waals surface area contributed by atoms with Gasteiger partial charge in [-0.1, -0.05) is 84.9 Å². The molecule has 0 fully saturated rings. The van der Waals surface area contributed by atoms with Gasteiger partial charge in [0.1, 0.15) is 11.0 Å². The number of halogens is 1. The molecule has 0 spiro atoms. The molecular formula is C33H19BrN4. The van der Waals surface area contributed by atoms with Crippen LogP contribution in [0.5, 0.6) is 0 Å². The van der Waals surface area contributed by atoms with Crippen LogP contribution in [0.25, 0.3) is 71.3 Å². The van der Waals surface area contributed by atoms with Crippen LogP contribution in [0.1, 0.15) is 0 Å². The SMILES string of the molecule is Brc1ccc(-c2ccc(-c3ccc4ccc5cccc6ccc3c4c56)cc2)c2nn(-c3ccncc3)nc12. The molecule has 0 saturated carbocycles. The van der Waals surface area contributed by atoms with Gasteiger partial charge in [0.05, 0.1) is 5.69 Å². The van der Waals surface area contributed by atoms with E-state index in [1.807, 2.05) is 18.2 Å². The van der Waals surface area contributed by atoms with Crippen molar-refractivity contribution in [3.63, 3.8) is 0 Å². The summed E-state index contributed by atoms with van der Waals surface area (Å²) in [5, 5.41) is 17.4. The highest BCUT2D eigenvalue weighted by molar-refractivity contribution is 9.10. The number of aromatic nitrogens is 4. The van der Waals surface area contributed by atoms with Gasteiger partial charge >= 0.3 is 0 Å². The number of benzene rings is 6. The number of fused-ring (bicyclic) bond motifs is 1. The van der Waals surface area contributed by atoms with Crippen molar-refractivity contribution in [2.75, 3.05) is 0 Å². The summed E-state index contributed by atoms with van der Waals surface area (Å²) >= 11 is 3.65. The van der Waals surface area contributed by atoms with Crippen molar-refractivity contribution in [2.24, 2.45) is 0 Å². The van der Waals surface area contributed by atoms with E-state index < -0.39 is 0 Å². The monoisotopic (exact) mass is 550 g/mol. The number of nitrogens with zero attached hydrogens (tertiary/aromatic N) is 4. The summed E-state index contributed by atoms with van der Waals surface area (Å²) in [6, 6.07) is 36.7. The van der Waals surface area contributed by atoms with Crippen LogP contribution in [0.2, 0.25) is 0 Å². The Morgan fingerprint density at radius 1 is 0.526 bits per heavy atom. The minimum absolute atomic E-state index is 0.829. The minimum Gasteiger partial charge on any atom is -0.265 e. The lowest BCUT2D eigenvalue weighted by molar-refractivity contribution is 0.764. The Balaban J connectivity index is 1.26. The van der Waals surface area contributed by atoms with Gasteiger partial charge < -0.3 is 0 Å². The first-order valence-corrected chi connectivity index (χ1v) is 13.3. The van der Waals surface area contributed by atoms with Crippen LogP contribution in [-0.2, 0) is 0 Å². The highest BCUT2D eigenvalue weighted by atomic mass is 79.9. The Bertz CT molecular complexity index is 2110. The lowest BCUT2D eigenvalue weighted by atomic mass is 9.89. The zero-order valence-electron chi connectivity index (χ0n) is 20.1. The normalized spacial score (nSPS) is 11.8. The molecule has 0 aliphatic heterocycles. The molecule has 0 aliphatic rings. The average Bonchev–Trinajstić information content (AvgIpc) is 3.43. The zero-order chi connectivity index (χ0) is 25.2. The van der Waals surface area contributed by atoms with Crippen LogP contribution in [0, 0.1) is 0 Å². The molecule has 0 radical (unpaired) electrons. The second kappa shape index (κ2) is 8.20. The van der Waals surface area contributed by atoms with E-state index in [-0.39, 0.29) is 0 Å². The van der Waals surface area contributed by atoms with Gasteiger partial charge in [-0.05, 0) is 83.1 Å². The topological polar surface area (TPSA) is 43.6 Å². The standard InChI is InChI=1S/C33H19BrN4/c34-29-15-14-27(32-33(29)37-38(36-32)25-16-18-35-19-17-25)21-6-4-20(5-7-21)26-12-10-24-9-8-22-2-1-3-23-11-13-28(26)31(24)30(22)23/h1-19H. The Morgan fingerprint density at radius 3 is 1.89 bits per heavy atom. The van der Waals surface area contributed by atoms with Crippen molar-refractivity contribution in [2.45, 2.75) is 0 Å². The quantitative estimate of drug-likeness (QED) is 0.206. The maximum absolute atomic E-state index is 4.84. The third-order valence-electron chi connectivity index (χ3n) is 7.42. The molecule has 4 nitrogen and oxygen atoms in total.